The first-order chi connectivity index (χ1) is 7.99. The van der Waals surface area contributed by atoms with Crippen LogP contribution in [-0.4, -0.2) is 19.7 Å². The van der Waals surface area contributed by atoms with Gasteiger partial charge in [0, 0.05) is 6.07 Å². The number of nitriles is 1. The van der Waals surface area contributed by atoms with Gasteiger partial charge >= 0.3 is 12.6 Å². The predicted octanol–water partition coefficient (Wildman–Crippen LogP) is 1.53. The highest BCUT2D eigenvalue weighted by atomic mass is 19.3. The fourth-order valence-corrected chi connectivity index (χ4v) is 1.16. The Morgan fingerprint density at radius 3 is 2.65 bits per heavy atom. The molecular weight excluding hydrogens is 234 g/mol. The molecule has 1 rings (SSSR count). The van der Waals surface area contributed by atoms with Crippen molar-refractivity contribution < 1.29 is 23.0 Å². The third-order valence-corrected chi connectivity index (χ3v) is 1.89. The molecule has 0 fully saturated rings. The molecule has 0 aromatic heterocycles. The van der Waals surface area contributed by atoms with Crippen LogP contribution in [-0.2, 0) is 4.74 Å². The number of benzene rings is 1. The smallest absolute Gasteiger partial charge is 0.387 e. The van der Waals surface area contributed by atoms with Crippen LogP contribution in [0.25, 0.3) is 0 Å². The van der Waals surface area contributed by atoms with E-state index < -0.39 is 18.3 Å². The molecule has 5 nitrogen and oxygen atoms in total. The maximum absolute atomic E-state index is 12.1. The van der Waals surface area contributed by atoms with Crippen LogP contribution >= 0.6 is 0 Å². The number of anilines is 1. The van der Waals surface area contributed by atoms with E-state index in [2.05, 4.69) is 9.47 Å². The van der Waals surface area contributed by atoms with Crippen molar-refractivity contribution >= 4 is 11.7 Å². The SMILES string of the molecule is COC(=O)c1cc(N)c(C#N)cc1OC(F)F. The minimum absolute atomic E-state index is 0.0190. The molecule has 0 unspecified atom stereocenters. The Balaban J connectivity index is 3.31. The van der Waals surface area contributed by atoms with Crippen LogP contribution in [0.4, 0.5) is 14.5 Å². The first kappa shape index (κ1) is 12.7. The van der Waals surface area contributed by atoms with E-state index in [1.165, 1.54) is 0 Å². The van der Waals surface area contributed by atoms with Crippen molar-refractivity contribution in [3.63, 3.8) is 0 Å². The van der Waals surface area contributed by atoms with Crippen molar-refractivity contribution in [2.24, 2.45) is 0 Å². The molecule has 0 atom stereocenters. The fraction of sp³-hybridized carbons (Fsp3) is 0.200. The molecule has 17 heavy (non-hydrogen) atoms. The number of rotatable bonds is 3. The third kappa shape index (κ3) is 2.81. The van der Waals surface area contributed by atoms with Crippen molar-refractivity contribution in [1.82, 2.24) is 0 Å². The number of alkyl halides is 2. The maximum atomic E-state index is 12.1. The normalized spacial score (nSPS) is 9.82. The number of nitrogen functional groups attached to an aromatic ring is 1. The summed E-state index contributed by atoms with van der Waals surface area (Å²) in [5.74, 6) is -1.32. The van der Waals surface area contributed by atoms with Gasteiger partial charge in [-0.05, 0) is 6.07 Å². The summed E-state index contributed by atoms with van der Waals surface area (Å²) >= 11 is 0. The molecule has 0 aliphatic heterocycles. The summed E-state index contributed by atoms with van der Waals surface area (Å²) in [7, 11) is 1.09. The first-order valence-corrected chi connectivity index (χ1v) is 4.36. The lowest BCUT2D eigenvalue weighted by Gasteiger charge is -2.10. The monoisotopic (exact) mass is 242 g/mol. The Kier molecular flexibility index (Phi) is 3.82. The van der Waals surface area contributed by atoms with E-state index in [-0.39, 0.29) is 16.8 Å². The van der Waals surface area contributed by atoms with Crippen LogP contribution in [0.15, 0.2) is 12.1 Å². The predicted molar refractivity (Wildman–Crippen MR) is 53.5 cm³/mol. The van der Waals surface area contributed by atoms with Gasteiger partial charge in [0.25, 0.3) is 0 Å². The van der Waals surface area contributed by atoms with Crippen molar-refractivity contribution in [3.8, 4) is 11.8 Å². The molecule has 0 amide bonds. The molecule has 0 bridgehead atoms. The Labute approximate surface area is 95.3 Å². The second-order valence-corrected chi connectivity index (χ2v) is 2.92. The molecule has 0 radical (unpaired) electrons. The molecule has 7 heteroatoms. The van der Waals surface area contributed by atoms with Crippen molar-refractivity contribution in [3.05, 3.63) is 23.3 Å². The summed E-state index contributed by atoms with van der Waals surface area (Å²) in [5, 5.41) is 8.67. The zero-order valence-electron chi connectivity index (χ0n) is 8.74. The minimum atomic E-state index is -3.12. The average molecular weight is 242 g/mol. The van der Waals surface area contributed by atoms with Gasteiger partial charge in [-0.3, -0.25) is 0 Å². The molecular formula is C10H8F2N2O3. The molecule has 1 aromatic rings. The van der Waals surface area contributed by atoms with Crippen molar-refractivity contribution in [2.75, 3.05) is 12.8 Å². The molecule has 0 aliphatic rings. The van der Waals surface area contributed by atoms with Gasteiger partial charge in [0.05, 0.1) is 18.4 Å². The standard InChI is InChI=1S/C10H8F2N2O3/c1-16-9(15)6-3-7(14)5(4-13)2-8(6)17-10(11)12/h2-3,10H,14H2,1H3. The van der Waals surface area contributed by atoms with E-state index in [9.17, 15) is 13.6 Å². The number of hydrogen-bond acceptors (Lipinski definition) is 5. The van der Waals surface area contributed by atoms with Crippen molar-refractivity contribution in [1.29, 1.82) is 5.26 Å². The van der Waals surface area contributed by atoms with Crippen LogP contribution in [0, 0.1) is 11.3 Å². The highest BCUT2D eigenvalue weighted by molar-refractivity contribution is 5.94. The lowest BCUT2D eigenvalue weighted by Crippen LogP contribution is -2.10. The summed E-state index contributed by atoms with van der Waals surface area (Å²) in [4.78, 5) is 11.3. The summed E-state index contributed by atoms with van der Waals surface area (Å²) in [6.45, 7) is -3.12. The summed E-state index contributed by atoms with van der Waals surface area (Å²) in [5.41, 5.74) is 5.11. The van der Waals surface area contributed by atoms with Gasteiger partial charge < -0.3 is 15.2 Å². The zero-order valence-corrected chi connectivity index (χ0v) is 8.74. The number of halogens is 2. The number of carbonyl (C=O) groups is 1. The largest absolute Gasteiger partial charge is 0.465 e. The number of hydrogen-bond donors (Lipinski definition) is 1. The van der Waals surface area contributed by atoms with E-state index in [0.29, 0.717) is 0 Å². The maximum Gasteiger partial charge on any atom is 0.387 e. The third-order valence-electron chi connectivity index (χ3n) is 1.89. The van der Waals surface area contributed by atoms with Gasteiger partial charge in [-0.25, -0.2) is 4.79 Å². The molecule has 0 spiro atoms. The Bertz CT molecular complexity index is 483. The molecule has 1 aromatic carbocycles. The zero-order chi connectivity index (χ0) is 13.0. The van der Waals surface area contributed by atoms with Crippen LogP contribution in [0.5, 0.6) is 5.75 Å². The van der Waals surface area contributed by atoms with E-state index >= 15 is 0 Å². The van der Waals surface area contributed by atoms with Gasteiger partial charge in [-0.15, -0.1) is 0 Å². The highest BCUT2D eigenvalue weighted by Crippen LogP contribution is 2.27. The van der Waals surface area contributed by atoms with Crippen LogP contribution in [0.3, 0.4) is 0 Å². The Hall–Kier alpha value is -2.36. The number of esters is 1. The number of ether oxygens (including phenoxy) is 2. The summed E-state index contributed by atoms with van der Waals surface area (Å²) < 4.78 is 32.7. The average Bonchev–Trinajstić information content (AvgIpc) is 2.29. The van der Waals surface area contributed by atoms with Crippen molar-refractivity contribution in [2.45, 2.75) is 6.61 Å². The lowest BCUT2D eigenvalue weighted by atomic mass is 10.1. The second kappa shape index (κ2) is 5.12. The van der Waals surface area contributed by atoms with Gasteiger partial charge in [0.15, 0.2) is 0 Å². The Morgan fingerprint density at radius 2 is 2.18 bits per heavy atom. The topological polar surface area (TPSA) is 85.3 Å². The summed E-state index contributed by atoms with van der Waals surface area (Å²) in [6, 6.07) is 3.71. The van der Waals surface area contributed by atoms with Crippen LogP contribution in [0.2, 0.25) is 0 Å². The van der Waals surface area contributed by atoms with Gasteiger partial charge in [0.1, 0.15) is 17.4 Å². The number of nitrogens with zero attached hydrogens (tertiary/aromatic N) is 1. The van der Waals surface area contributed by atoms with E-state index in [0.717, 1.165) is 19.2 Å². The lowest BCUT2D eigenvalue weighted by molar-refractivity contribution is -0.0504. The number of carbonyl (C=O) groups excluding carboxylic acids is 1. The molecule has 0 heterocycles. The molecule has 0 saturated heterocycles. The summed E-state index contributed by atoms with van der Waals surface area (Å²) in [6.07, 6.45) is 0. The molecule has 0 saturated carbocycles. The Morgan fingerprint density at radius 1 is 1.53 bits per heavy atom. The van der Waals surface area contributed by atoms with E-state index in [1.807, 2.05) is 0 Å². The van der Waals surface area contributed by atoms with Crippen LogP contribution in [0.1, 0.15) is 15.9 Å². The van der Waals surface area contributed by atoms with Gasteiger partial charge in [-0.2, -0.15) is 14.0 Å². The fourth-order valence-electron chi connectivity index (χ4n) is 1.16. The van der Waals surface area contributed by atoms with E-state index in [4.69, 9.17) is 11.0 Å². The number of nitrogens with two attached hydrogens (primary N) is 1. The molecule has 90 valence electrons. The number of methoxy groups -OCH3 is 1. The molecule has 0 aliphatic carbocycles. The second-order valence-electron chi connectivity index (χ2n) is 2.92. The highest BCUT2D eigenvalue weighted by Gasteiger charge is 2.19. The van der Waals surface area contributed by atoms with Gasteiger partial charge in [-0.1, -0.05) is 0 Å². The van der Waals surface area contributed by atoms with Gasteiger partial charge in [0.2, 0.25) is 0 Å². The van der Waals surface area contributed by atoms with Crippen LogP contribution < -0.4 is 10.5 Å². The quantitative estimate of drug-likeness (QED) is 0.641. The minimum Gasteiger partial charge on any atom is -0.465 e. The van der Waals surface area contributed by atoms with E-state index in [1.54, 1.807) is 6.07 Å². The molecule has 2 N–H and O–H groups in total. The first-order valence-electron chi connectivity index (χ1n) is 4.36.